The van der Waals surface area contributed by atoms with Gasteiger partial charge in [0.1, 0.15) is 5.82 Å². The fourth-order valence-corrected chi connectivity index (χ4v) is 2.06. The van der Waals surface area contributed by atoms with Crippen molar-refractivity contribution in [3.63, 3.8) is 0 Å². The predicted molar refractivity (Wildman–Crippen MR) is 60.7 cm³/mol. The lowest BCUT2D eigenvalue weighted by Gasteiger charge is -2.31. The van der Waals surface area contributed by atoms with E-state index in [0.717, 1.165) is 24.1 Å². The summed E-state index contributed by atoms with van der Waals surface area (Å²) in [5, 5.41) is 0. The van der Waals surface area contributed by atoms with E-state index >= 15 is 0 Å². The quantitative estimate of drug-likeness (QED) is 0.784. The molecule has 0 spiro atoms. The van der Waals surface area contributed by atoms with Crippen molar-refractivity contribution in [1.29, 1.82) is 0 Å². The fourth-order valence-electron chi connectivity index (χ4n) is 2.06. The van der Waals surface area contributed by atoms with Gasteiger partial charge in [-0.2, -0.15) is 0 Å². The maximum atomic E-state index is 13.0. The standard InChI is InChI=1S/C12H15FN2O/c1-8-7-9(13)4-5-11(8)15-6-2-3-10(14)12(15)16/h4-5,7,10H,2-3,6,14H2,1H3/t10-/m1/s1. The number of anilines is 1. The van der Waals surface area contributed by atoms with Crippen LogP contribution in [0.5, 0.6) is 0 Å². The highest BCUT2D eigenvalue weighted by atomic mass is 19.1. The van der Waals surface area contributed by atoms with Crippen LogP contribution in [0.1, 0.15) is 18.4 Å². The summed E-state index contributed by atoms with van der Waals surface area (Å²) in [7, 11) is 0. The maximum absolute atomic E-state index is 13.0. The number of nitrogens with two attached hydrogens (primary N) is 1. The topological polar surface area (TPSA) is 46.3 Å². The Morgan fingerprint density at radius 2 is 2.25 bits per heavy atom. The van der Waals surface area contributed by atoms with Crippen LogP contribution in [-0.2, 0) is 4.79 Å². The summed E-state index contributed by atoms with van der Waals surface area (Å²) in [5.74, 6) is -0.351. The molecule has 2 N–H and O–H groups in total. The number of halogens is 1. The van der Waals surface area contributed by atoms with E-state index in [1.165, 1.54) is 12.1 Å². The second-order valence-corrected chi connectivity index (χ2v) is 4.17. The number of aryl methyl sites for hydroxylation is 1. The SMILES string of the molecule is Cc1cc(F)ccc1N1CCC[C@@H](N)C1=O. The first-order valence-electron chi connectivity index (χ1n) is 5.42. The van der Waals surface area contributed by atoms with Gasteiger partial charge in [0, 0.05) is 12.2 Å². The van der Waals surface area contributed by atoms with Crippen LogP contribution in [0.2, 0.25) is 0 Å². The summed E-state index contributed by atoms with van der Waals surface area (Å²) in [6, 6.07) is 4.03. The third kappa shape index (κ3) is 1.93. The van der Waals surface area contributed by atoms with Gasteiger partial charge < -0.3 is 10.6 Å². The molecule has 1 aromatic rings. The highest BCUT2D eigenvalue weighted by molar-refractivity contribution is 5.98. The van der Waals surface area contributed by atoms with Crippen LogP contribution >= 0.6 is 0 Å². The van der Waals surface area contributed by atoms with Crippen LogP contribution in [0.4, 0.5) is 10.1 Å². The second kappa shape index (κ2) is 4.22. The minimum Gasteiger partial charge on any atom is -0.320 e. The monoisotopic (exact) mass is 222 g/mol. The van der Waals surface area contributed by atoms with Crippen LogP contribution in [0, 0.1) is 12.7 Å². The minimum atomic E-state index is -0.418. The van der Waals surface area contributed by atoms with Crippen molar-refractivity contribution in [2.24, 2.45) is 5.73 Å². The van der Waals surface area contributed by atoms with Gasteiger partial charge in [0.15, 0.2) is 0 Å². The highest BCUT2D eigenvalue weighted by Gasteiger charge is 2.27. The van der Waals surface area contributed by atoms with E-state index in [9.17, 15) is 9.18 Å². The molecule has 1 heterocycles. The molecule has 1 amide bonds. The van der Waals surface area contributed by atoms with E-state index < -0.39 is 6.04 Å². The Balaban J connectivity index is 2.32. The number of hydrogen-bond donors (Lipinski definition) is 1. The fraction of sp³-hybridized carbons (Fsp3) is 0.417. The number of hydrogen-bond acceptors (Lipinski definition) is 2. The van der Waals surface area contributed by atoms with Crippen molar-refractivity contribution in [3.8, 4) is 0 Å². The molecule has 1 aliphatic heterocycles. The molecule has 86 valence electrons. The molecule has 1 atom stereocenters. The molecule has 1 saturated heterocycles. The van der Waals surface area contributed by atoms with Gasteiger partial charge in [0.05, 0.1) is 6.04 Å². The first kappa shape index (κ1) is 11.1. The molecule has 1 fully saturated rings. The molecule has 0 bridgehead atoms. The Bertz CT molecular complexity index is 419. The van der Waals surface area contributed by atoms with Crippen LogP contribution < -0.4 is 10.6 Å². The first-order valence-corrected chi connectivity index (χ1v) is 5.42. The summed E-state index contributed by atoms with van der Waals surface area (Å²) in [5.41, 5.74) is 7.25. The number of carbonyl (C=O) groups is 1. The molecule has 0 unspecified atom stereocenters. The van der Waals surface area contributed by atoms with Gasteiger partial charge in [0.2, 0.25) is 5.91 Å². The molecule has 0 radical (unpaired) electrons. The van der Waals surface area contributed by atoms with E-state index in [1.54, 1.807) is 17.9 Å². The third-order valence-corrected chi connectivity index (χ3v) is 2.93. The zero-order valence-corrected chi connectivity index (χ0v) is 9.24. The number of piperidine rings is 1. The normalized spacial score (nSPS) is 21.3. The first-order chi connectivity index (χ1) is 7.59. The second-order valence-electron chi connectivity index (χ2n) is 4.17. The van der Waals surface area contributed by atoms with Crippen molar-refractivity contribution < 1.29 is 9.18 Å². The molecule has 3 nitrogen and oxygen atoms in total. The molecular weight excluding hydrogens is 207 g/mol. The average Bonchev–Trinajstić information content (AvgIpc) is 2.23. The van der Waals surface area contributed by atoms with E-state index in [1.807, 2.05) is 0 Å². The van der Waals surface area contributed by atoms with Crippen molar-refractivity contribution >= 4 is 11.6 Å². The van der Waals surface area contributed by atoms with Crippen LogP contribution in [0.3, 0.4) is 0 Å². The largest absolute Gasteiger partial charge is 0.320 e. The Kier molecular flexibility index (Phi) is 2.92. The molecule has 1 aliphatic rings. The predicted octanol–water partition coefficient (Wildman–Crippen LogP) is 1.59. The molecular formula is C12H15FN2O. The molecule has 2 rings (SSSR count). The Morgan fingerprint density at radius 3 is 2.94 bits per heavy atom. The summed E-state index contributed by atoms with van der Waals surface area (Å²) in [4.78, 5) is 13.5. The van der Waals surface area contributed by atoms with Gasteiger partial charge in [-0.3, -0.25) is 4.79 Å². The Hall–Kier alpha value is -1.42. The van der Waals surface area contributed by atoms with Crippen molar-refractivity contribution in [2.45, 2.75) is 25.8 Å². The van der Waals surface area contributed by atoms with Crippen molar-refractivity contribution in [1.82, 2.24) is 0 Å². The zero-order valence-electron chi connectivity index (χ0n) is 9.24. The van der Waals surface area contributed by atoms with Gasteiger partial charge in [0.25, 0.3) is 0 Å². The van der Waals surface area contributed by atoms with E-state index in [-0.39, 0.29) is 11.7 Å². The number of benzene rings is 1. The molecule has 4 heteroatoms. The summed E-state index contributed by atoms with van der Waals surface area (Å²) < 4.78 is 13.0. The minimum absolute atomic E-state index is 0.0686. The number of carbonyl (C=O) groups excluding carboxylic acids is 1. The smallest absolute Gasteiger partial charge is 0.243 e. The van der Waals surface area contributed by atoms with Gasteiger partial charge in [-0.25, -0.2) is 4.39 Å². The number of nitrogens with zero attached hydrogens (tertiary/aromatic N) is 1. The average molecular weight is 222 g/mol. The molecule has 16 heavy (non-hydrogen) atoms. The van der Waals surface area contributed by atoms with Gasteiger partial charge in [-0.05, 0) is 43.5 Å². The van der Waals surface area contributed by atoms with E-state index in [0.29, 0.717) is 6.54 Å². The van der Waals surface area contributed by atoms with Crippen LogP contribution in [0.25, 0.3) is 0 Å². The third-order valence-electron chi connectivity index (χ3n) is 2.93. The number of amides is 1. The molecule has 0 aromatic heterocycles. The van der Waals surface area contributed by atoms with Gasteiger partial charge in [-0.15, -0.1) is 0 Å². The lowest BCUT2D eigenvalue weighted by atomic mass is 10.0. The van der Waals surface area contributed by atoms with Gasteiger partial charge >= 0.3 is 0 Å². The molecule has 0 aliphatic carbocycles. The van der Waals surface area contributed by atoms with Crippen molar-refractivity contribution in [2.75, 3.05) is 11.4 Å². The molecule has 1 aromatic carbocycles. The van der Waals surface area contributed by atoms with Gasteiger partial charge in [-0.1, -0.05) is 0 Å². The number of rotatable bonds is 1. The van der Waals surface area contributed by atoms with E-state index in [4.69, 9.17) is 5.73 Å². The Morgan fingerprint density at radius 1 is 1.50 bits per heavy atom. The Labute approximate surface area is 94.0 Å². The lowest BCUT2D eigenvalue weighted by molar-refractivity contribution is -0.120. The maximum Gasteiger partial charge on any atom is 0.243 e. The highest BCUT2D eigenvalue weighted by Crippen LogP contribution is 2.24. The van der Waals surface area contributed by atoms with Crippen LogP contribution in [0.15, 0.2) is 18.2 Å². The zero-order chi connectivity index (χ0) is 11.7. The van der Waals surface area contributed by atoms with Crippen molar-refractivity contribution in [3.05, 3.63) is 29.6 Å². The molecule has 0 saturated carbocycles. The van der Waals surface area contributed by atoms with E-state index in [2.05, 4.69) is 0 Å². The summed E-state index contributed by atoms with van der Waals surface area (Å²) >= 11 is 0. The lowest BCUT2D eigenvalue weighted by Crippen LogP contribution is -2.48. The van der Waals surface area contributed by atoms with Crippen LogP contribution in [-0.4, -0.2) is 18.5 Å². The summed E-state index contributed by atoms with van der Waals surface area (Å²) in [6.45, 7) is 2.46. The summed E-state index contributed by atoms with van der Waals surface area (Å²) in [6.07, 6.45) is 1.62.